The van der Waals surface area contributed by atoms with Crippen molar-refractivity contribution in [3.05, 3.63) is 48.3 Å². The van der Waals surface area contributed by atoms with E-state index in [4.69, 9.17) is 0 Å². The van der Waals surface area contributed by atoms with Crippen LogP contribution in [0.2, 0.25) is 0 Å². The number of aryl methyl sites for hydroxylation is 1. The van der Waals surface area contributed by atoms with Gasteiger partial charge in [0.25, 0.3) is 5.91 Å². The average molecular weight is 284 g/mol. The second-order valence-corrected chi connectivity index (χ2v) is 5.56. The molecule has 1 aromatic heterocycles. The maximum Gasteiger partial charge on any atom is 0.252 e. The Kier molecular flexibility index (Phi) is 3.75. The van der Waals surface area contributed by atoms with Crippen LogP contribution in [0, 0.1) is 6.92 Å². The first-order chi connectivity index (χ1) is 10.2. The van der Waals surface area contributed by atoms with Crippen LogP contribution in [0.1, 0.15) is 18.4 Å². The molecule has 0 unspecified atom stereocenters. The predicted molar refractivity (Wildman–Crippen MR) is 82.1 cm³/mol. The topological polar surface area (TPSA) is 59.0 Å². The lowest BCUT2D eigenvalue weighted by Gasteiger charge is -2.36. The van der Waals surface area contributed by atoms with Crippen molar-refractivity contribution in [1.82, 2.24) is 15.1 Å². The number of carbonyl (C=O) groups excluding carboxylic acids is 1. The number of benzene rings is 1. The number of carbonyl (C=O) groups is 1. The Bertz CT molecular complexity index is 615. The van der Waals surface area contributed by atoms with Gasteiger partial charge in [-0.2, -0.15) is 5.10 Å². The maximum absolute atomic E-state index is 12.9. The second-order valence-electron chi connectivity index (χ2n) is 5.56. The molecule has 1 aliphatic heterocycles. The van der Waals surface area contributed by atoms with Crippen LogP contribution in [0.15, 0.2) is 42.7 Å². The Balaban J connectivity index is 1.88. The zero-order chi connectivity index (χ0) is 14.7. The smallest absolute Gasteiger partial charge is 0.252 e. The summed E-state index contributed by atoms with van der Waals surface area (Å²) in [6, 6.07) is 9.74. The van der Waals surface area contributed by atoms with E-state index in [1.165, 1.54) is 0 Å². The minimum absolute atomic E-state index is 0.0123. The van der Waals surface area contributed by atoms with E-state index in [0.29, 0.717) is 0 Å². The molecule has 5 nitrogen and oxygen atoms in total. The summed E-state index contributed by atoms with van der Waals surface area (Å²) in [5.74, 6) is 0.0123. The van der Waals surface area contributed by atoms with Crippen LogP contribution in [0.4, 0.5) is 5.69 Å². The number of nitrogens with one attached hydrogen (secondary N) is 2. The summed E-state index contributed by atoms with van der Waals surface area (Å²) in [5, 5.41) is 10.7. The lowest BCUT2D eigenvalue weighted by molar-refractivity contribution is -0.126. The fourth-order valence-electron chi connectivity index (χ4n) is 2.89. The number of anilines is 1. The molecule has 2 heterocycles. The molecule has 0 saturated carbocycles. The van der Waals surface area contributed by atoms with E-state index < -0.39 is 5.54 Å². The monoisotopic (exact) mass is 284 g/mol. The third-order valence-corrected chi connectivity index (χ3v) is 4.07. The fraction of sp³-hybridized carbons (Fsp3) is 0.375. The van der Waals surface area contributed by atoms with Crippen molar-refractivity contribution in [1.29, 1.82) is 0 Å². The maximum atomic E-state index is 12.9. The van der Waals surface area contributed by atoms with Gasteiger partial charge in [-0.15, -0.1) is 0 Å². The lowest BCUT2D eigenvalue weighted by Crippen LogP contribution is -2.52. The van der Waals surface area contributed by atoms with Gasteiger partial charge in [-0.1, -0.05) is 12.1 Å². The Labute approximate surface area is 124 Å². The van der Waals surface area contributed by atoms with Crippen LogP contribution < -0.4 is 10.6 Å². The molecule has 1 aliphatic rings. The average Bonchev–Trinajstić information content (AvgIpc) is 3.02. The molecule has 1 aromatic carbocycles. The minimum Gasteiger partial charge on any atom is -0.324 e. The van der Waals surface area contributed by atoms with Crippen LogP contribution in [-0.4, -0.2) is 28.8 Å². The molecular weight excluding hydrogens is 264 g/mol. The van der Waals surface area contributed by atoms with Crippen molar-refractivity contribution in [3.63, 3.8) is 0 Å². The fourth-order valence-corrected chi connectivity index (χ4v) is 2.89. The SMILES string of the molecule is Cc1cccc(NC(=O)C2(n3cccn3)CCNCC2)c1. The Morgan fingerprint density at radius 3 is 2.81 bits per heavy atom. The van der Waals surface area contributed by atoms with Crippen molar-refractivity contribution in [2.75, 3.05) is 18.4 Å². The van der Waals surface area contributed by atoms with Crippen LogP contribution in [-0.2, 0) is 10.3 Å². The number of nitrogens with zero attached hydrogens (tertiary/aromatic N) is 2. The molecule has 2 N–H and O–H groups in total. The summed E-state index contributed by atoms with van der Waals surface area (Å²) in [6.45, 7) is 3.66. The Morgan fingerprint density at radius 2 is 2.14 bits per heavy atom. The van der Waals surface area contributed by atoms with Gasteiger partial charge in [-0.25, -0.2) is 0 Å². The molecule has 2 aromatic rings. The highest BCUT2D eigenvalue weighted by atomic mass is 16.2. The summed E-state index contributed by atoms with van der Waals surface area (Å²) >= 11 is 0. The van der Waals surface area contributed by atoms with E-state index in [1.54, 1.807) is 10.9 Å². The van der Waals surface area contributed by atoms with Gasteiger partial charge in [0.15, 0.2) is 0 Å². The van der Waals surface area contributed by atoms with E-state index in [1.807, 2.05) is 43.5 Å². The molecule has 1 fully saturated rings. The first kappa shape index (κ1) is 13.8. The summed E-state index contributed by atoms with van der Waals surface area (Å²) in [6.07, 6.45) is 5.09. The van der Waals surface area contributed by atoms with Crippen LogP contribution >= 0.6 is 0 Å². The van der Waals surface area contributed by atoms with E-state index in [0.717, 1.165) is 37.2 Å². The van der Waals surface area contributed by atoms with Crippen LogP contribution in [0.3, 0.4) is 0 Å². The van der Waals surface area contributed by atoms with Gasteiger partial charge in [0.05, 0.1) is 0 Å². The normalized spacial score (nSPS) is 17.4. The predicted octanol–water partition coefficient (Wildman–Crippen LogP) is 1.91. The van der Waals surface area contributed by atoms with Crippen molar-refractivity contribution in [2.24, 2.45) is 0 Å². The lowest BCUT2D eigenvalue weighted by atomic mass is 9.87. The van der Waals surface area contributed by atoms with Crippen molar-refractivity contribution >= 4 is 11.6 Å². The first-order valence-electron chi connectivity index (χ1n) is 7.30. The van der Waals surface area contributed by atoms with Crippen LogP contribution in [0.25, 0.3) is 0 Å². The van der Waals surface area contributed by atoms with Gasteiger partial charge in [0.1, 0.15) is 5.54 Å². The zero-order valence-corrected chi connectivity index (χ0v) is 12.2. The first-order valence-corrected chi connectivity index (χ1v) is 7.30. The third-order valence-electron chi connectivity index (χ3n) is 4.07. The Morgan fingerprint density at radius 1 is 1.33 bits per heavy atom. The number of amides is 1. The molecule has 21 heavy (non-hydrogen) atoms. The van der Waals surface area contributed by atoms with Gasteiger partial charge in [0, 0.05) is 18.1 Å². The van der Waals surface area contributed by atoms with E-state index in [9.17, 15) is 4.79 Å². The molecule has 1 saturated heterocycles. The number of piperidine rings is 1. The summed E-state index contributed by atoms with van der Waals surface area (Å²) < 4.78 is 1.80. The number of hydrogen-bond donors (Lipinski definition) is 2. The molecule has 0 bridgehead atoms. The van der Waals surface area contributed by atoms with Crippen molar-refractivity contribution in [3.8, 4) is 0 Å². The molecule has 110 valence electrons. The summed E-state index contributed by atoms with van der Waals surface area (Å²) in [5.41, 5.74) is 1.37. The molecule has 1 amide bonds. The van der Waals surface area contributed by atoms with Gasteiger partial charge >= 0.3 is 0 Å². The summed E-state index contributed by atoms with van der Waals surface area (Å²) in [7, 11) is 0. The standard InChI is InChI=1S/C16H20N4O/c1-13-4-2-5-14(12-13)19-15(21)16(6-9-17-10-7-16)20-11-3-8-18-20/h2-5,8,11-12,17H,6-7,9-10H2,1H3,(H,19,21). The molecule has 0 atom stereocenters. The highest BCUT2D eigenvalue weighted by Crippen LogP contribution is 2.28. The zero-order valence-electron chi connectivity index (χ0n) is 12.2. The van der Waals surface area contributed by atoms with E-state index in [2.05, 4.69) is 15.7 Å². The molecule has 0 spiro atoms. The van der Waals surface area contributed by atoms with Gasteiger partial charge < -0.3 is 10.6 Å². The van der Waals surface area contributed by atoms with Crippen molar-refractivity contribution in [2.45, 2.75) is 25.3 Å². The Hall–Kier alpha value is -2.14. The molecule has 0 radical (unpaired) electrons. The number of aromatic nitrogens is 2. The van der Waals surface area contributed by atoms with Gasteiger partial charge in [-0.05, 0) is 56.6 Å². The van der Waals surface area contributed by atoms with Crippen LogP contribution in [0.5, 0.6) is 0 Å². The molecule has 0 aliphatic carbocycles. The van der Waals surface area contributed by atoms with E-state index in [-0.39, 0.29) is 5.91 Å². The minimum atomic E-state index is -0.599. The summed E-state index contributed by atoms with van der Waals surface area (Å²) in [4.78, 5) is 12.9. The molecular formula is C16H20N4O. The van der Waals surface area contributed by atoms with Gasteiger partial charge in [-0.3, -0.25) is 9.48 Å². The largest absolute Gasteiger partial charge is 0.324 e. The molecule has 5 heteroatoms. The number of hydrogen-bond acceptors (Lipinski definition) is 3. The van der Waals surface area contributed by atoms with Crippen molar-refractivity contribution < 1.29 is 4.79 Å². The highest BCUT2D eigenvalue weighted by molar-refractivity contribution is 5.96. The third kappa shape index (κ3) is 2.69. The number of rotatable bonds is 3. The second kappa shape index (κ2) is 5.69. The van der Waals surface area contributed by atoms with Gasteiger partial charge in [0.2, 0.25) is 0 Å². The quantitative estimate of drug-likeness (QED) is 0.905. The molecule has 3 rings (SSSR count). The highest BCUT2D eigenvalue weighted by Gasteiger charge is 2.41. The van der Waals surface area contributed by atoms with E-state index >= 15 is 0 Å².